The summed E-state index contributed by atoms with van der Waals surface area (Å²) in [5, 5.41) is 5.99. The van der Waals surface area contributed by atoms with E-state index in [2.05, 4.69) is 15.6 Å². The fraction of sp³-hybridized carbons (Fsp3) is 0.462. The predicted octanol–water partition coefficient (Wildman–Crippen LogP) is 0.949. The number of nitrogens with one attached hydrogen (secondary N) is 2. The van der Waals surface area contributed by atoms with E-state index in [4.69, 9.17) is 4.74 Å². The lowest BCUT2D eigenvalue weighted by atomic mass is 10.2. The molecule has 0 aromatic carbocycles. The van der Waals surface area contributed by atoms with Gasteiger partial charge in [-0.2, -0.15) is 0 Å². The molecule has 1 aromatic heterocycles. The van der Waals surface area contributed by atoms with Crippen LogP contribution in [-0.2, 0) is 9.53 Å². The Morgan fingerprint density at radius 1 is 1.58 bits per heavy atom. The average Bonchev–Trinajstić information content (AvgIpc) is 2.83. The van der Waals surface area contributed by atoms with Gasteiger partial charge in [0.25, 0.3) is 0 Å². The smallest absolute Gasteiger partial charge is 0.339 e. The van der Waals surface area contributed by atoms with Crippen molar-refractivity contribution in [3.05, 3.63) is 23.9 Å². The van der Waals surface area contributed by atoms with Gasteiger partial charge in [0.15, 0.2) is 0 Å². The van der Waals surface area contributed by atoms with E-state index >= 15 is 0 Å². The summed E-state index contributed by atoms with van der Waals surface area (Å²) < 4.78 is 4.87. The molecule has 0 bridgehead atoms. The van der Waals surface area contributed by atoms with Gasteiger partial charge in [-0.05, 0) is 25.5 Å². The van der Waals surface area contributed by atoms with Crippen LogP contribution in [0.4, 0.5) is 5.82 Å². The number of amides is 1. The lowest BCUT2D eigenvalue weighted by Gasteiger charge is -2.11. The second-order valence-corrected chi connectivity index (χ2v) is 4.34. The highest BCUT2D eigenvalue weighted by atomic mass is 16.5. The summed E-state index contributed by atoms with van der Waals surface area (Å²) in [5.41, 5.74) is 0.432. The van der Waals surface area contributed by atoms with Crippen LogP contribution >= 0.6 is 0 Å². The van der Waals surface area contributed by atoms with Crippen LogP contribution in [-0.4, -0.2) is 36.1 Å². The molecular weight excluding hydrogens is 246 g/mol. The Morgan fingerprint density at radius 2 is 2.42 bits per heavy atom. The van der Waals surface area contributed by atoms with Crippen LogP contribution in [0.3, 0.4) is 0 Å². The van der Waals surface area contributed by atoms with Crippen molar-refractivity contribution in [2.75, 3.05) is 18.5 Å². The van der Waals surface area contributed by atoms with Gasteiger partial charge in [-0.1, -0.05) is 0 Å². The van der Waals surface area contributed by atoms with Crippen LogP contribution in [0.25, 0.3) is 0 Å². The zero-order valence-corrected chi connectivity index (χ0v) is 10.8. The predicted molar refractivity (Wildman–Crippen MR) is 69.8 cm³/mol. The fourth-order valence-corrected chi connectivity index (χ4v) is 1.89. The number of esters is 1. The largest absolute Gasteiger partial charge is 0.462 e. The van der Waals surface area contributed by atoms with Gasteiger partial charge < -0.3 is 15.4 Å². The maximum absolute atomic E-state index is 11.4. The molecule has 1 aliphatic heterocycles. The Balaban J connectivity index is 1.85. The van der Waals surface area contributed by atoms with Gasteiger partial charge in [0.1, 0.15) is 5.82 Å². The molecule has 1 amide bonds. The molecule has 0 spiro atoms. The summed E-state index contributed by atoms with van der Waals surface area (Å²) >= 11 is 0. The zero-order valence-electron chi connectivity index (χ0n) is 10.8. The molecular formula is C13H17N3O3. The Bertz CT molecular complexity index is 459. The molecule has 6 nitrogen and oxygen atoms in total. The van der Waals surface area contributed by atoms with Crippen molar-refractivity contribution in [1.82, 2.24) is 10.3 Å². The van der Waals surface area contributed by atoms with Crippen molar-refractivity contribution >= 4 is 17.7 Å². The van der Waals surface area contributed by atoms with Gasteiger partial charge in [0.05, 0.1) is 12.2 Å². The Kier molecular flexibility index (Phi) is 4.33. The molecule has 0 radical (unpaired) electrons. The van der Waals surface area contributed by atoms with Crippen molar-refractivity contribution < 1.29 is 14.3 Å². The number of pyridine rings is 1. The van der Waals surface area contributed by atoms with Gasteiger partial charge >= 0.3 is 5.97 Å². The summed E-state index contributed by atoms with van der Waals surface area (Å²) in [7, 11) is 0. The molecule has 2 N–H and O–H groups in total. The molecule has 19 heavy (non-hydrogen) atoms. The first-order valence-electron chi connectivity index (χ1n) is 6.35. The number of hydrogen-bond donors (Lipinski definition) is 2. The molecule has 1 aromatic rings. The van der Waals surface area contributed by atoms with Gasteiger partial charge in [0.2, 0.25) is 5.91 Å². The maximum atomic E-state index is 11.4. The third-order valence-electron chi connectivity index (χ3n) is 2.89. The Hall–Kier alpha value is -2.11. The van der Waals surface area contributed by atoms with Crippen LogP contribution in [0, 0.1) is 0 Å². The number of rotatable bonds is 5. The molecule has 1 atom stereocenters. The van der Waals surface area contributed by atoms with E-state index in [1.165, 1.54) is 6.20 Å². The van der Waals surface area contributed by atoms with Crippen molar-refractivity contribution in [1.29, 1.82) is 0 Å². The standard InChI is InChI=1S/C13H17N3O3/c1-2-19-13(18)9-3-5-11(14-7-9)15-8-10-4-6-12(17)16-10/h3,5,7,10H,2,4,6,8H2,1H3,(H,14,15)(H,16,17). The Labute approximate surface area is 111 Å². The monoisotopic (exact) mass is 263 g/mol. The second kappa shape index (κ2) is 6.17. The van der Waals surface area contributed by atoms with E-state index in [1.807, 2.05) is 0 Å². The van der Waals surface area contributed by atoms with Crippen molar-refractivity contribution in [2.45, 2.75) is 25.8 Å². The van der Waals surface area contributed by atoms with E-state index in [0.717, 1.165) is 6.42 Å². The van der Waals surface area contributed by atoms with Crippen LogP contribution in [0.15, 0.2) is 18.3 Å². The highest BCUT2D eigenvalue weighted by Gasteiger charge is 2.20. The van der Waals surface area contributed by atoms with Gasteiger partial charge in [0, 0.05) is 25.2 Å². The number of carbonyl (C=O) groups is 2. The van der Waals surface area contributed by atoms with Crippen LogP contribution in [0.5, 0.6) is 0 Å². The number of carbonyl (C=O) groups excluding carboxylic acids is 2. The van der Waals surface area contributed by atoms with Crippen molar-refractivity contribution in [3.8, 4) is 0 Å². The number of nitrogens with zero attached hydrogens (tertiary/aromatic N) is 1. The van der Waals surface area contributed by atoms with E-state index in [-0.39, 0.29) is 17.9 Å². The van der Waals surface area contributed by atoms with Gasteiger partial charge in [-0.15, -0.1) is 0 Å². The molecule has 2 rings (SSSR count). The summed E-state index contributed by atoms with van der Waals surface area (Å²) in [4.78, 5) is 26.6. The Morgan fingerprint density at radius 3 is 3.00 bits per heavy atom. The highest BCUT2D eigenvalue weighted by Crippen LogP contribution is 2.10. The molecule has 0 aliphatic carbocycles. The lowest BCUT2D eigenvalue weighted by Crippen LogP contribution is -2.31. The zero-order chi connectivity index (χ0) is 13.7. The van der Waals surface area contributed by atoms with E-state index in [0.29, 0.717) is 31.0 Å². The van der Waals surface area contributed by atoms with Gasteiger partial charge in [-0.25, -0.2) is 9.78 Å². The topological polar surface area (TPSA) is 80.3 Å². The third kappa shape index (κ3) is 3.67. The number of anilines is 1. The first-order valence-corrected chi connectivity index (χ1v) is 6.35. The quantitative estimate of drug-likeness (QED) is 0.773. The average molecular weight is 263 g/mol. The lowest BCUT2D eigenvalue weighted by molar-refractivity contribution is -0.119. The molecule has 1 aliphatic rings. The minimum atomic E-state index is -0.371. The van der Waals surface area contributed by atoms with E-state index in [1.54, 1.807) is 19.1 Å². The fourth-order valence-electron chi connectivity index (χ4n) is 1.89. The molecule has 1 saturated heterocycles. The normalized spacial score (nSPS) is 17.9. The molecule has 6 heteroatoms. The summed E-state index contributed by atoms with van der Waals surface area (Å²) in [6.45, 7) is 2.74. The summed E-state index contributed by atoms with van der Waals surface area (Å²) in [6.07, 6.45) is 2.90. The number of aromatic nitrogens is 1. The second-order valence-electron chi connectivity index (χ2n) is 4.34. The van der Waals surface area contributed by atoms with Crippen LogP contribution in [0.1, 0.15) is 30.1 Å². The first-order chi connectivity index (χ1) is 9.19. The molecule has 0 saturated carbocycles. The minimum absolute atomic E-state index is 0.0948. The minimum Gasteiger partial charge on any atom is -0.462 e. The highest BCUT2D eigenvalue weighted by molar-refractivity contribution is 5.89. The van der Waals surface area contributed by atoms with Crippen LogP contribution in [0.2, 0.25) is 0 Å². The molecule has 2 heterocycles. The first kappa shape index (κ1) is 13.3. The van der Waals surface area contributed by atoms with Crippen molar-refractivity contribution in [3.63, 3.8) is 0 Å². The SMILES string of the molecule is CCOC(=O)c1ccc(NCC2CCC(=O)N2)nc1. The van der Waals surface area contributed by atoms with Crippen LogP contribution < -0.4 is 10.6 Å². The number of hydrogen-bond acceptors (Lipinski definition) is 5. The summed E-state index contributed by atoms with van der Waals surface area (Å²) in [5.74, 6) is 0.399. The van der Waals surface area contributed by atoms with E-state index < -0.39 is 0 Å². The maximum Gasteiger partial charge on any atom is 0.339 e. The molecule has 1 fully saturated rings. The number of ether oxygens (including phenoxy) is 1. The molecule has 1 unspecified atom stereocenters. The van der Waals surface area contributed by atoms with E-state index in [9.17, 15) is 9.59 Å². The molecule has 102 valence electrons. The van der Waals surface area contributed by atoms with Gasteiger partial charge in [-0.3, -0.25) is 4.79 Å². The summed E-state index contributed by atoms with van der Waals surface area (Å²) in [6, 6.07) is 3.54. The van der Waals surface area contributed by atoms with Crippen molar-refractivity contribution in [2.24, 2.45) is 0 Å². The third-order valence-corrected chi connectivity index (χ3v) is 2.89.